The van der Waals surface area contributed by atoms with Crippen LogP contribution in [0.1, 0.15) is 71.0 Å². The number of likely N-dealkylation sites (tertiary alicyclic amines) is 1. The van der Waals surface area contributed by atoms with Crippen molar-refractivity contribution < 1.29 is 9.18 Å². The molecule has 8 heteroatoms. The first-order valence-electron chi connectivity index (χ1n) is 12.4. The van der Waals surface area contributed by atoms with Gasteiger partial charge in [-0.2, -0.15) is 0 Å². The average molecular weight is 474 g/mol. The highest BCUT2D eigenvalue weighted by molar-refractivity contribution is 7.99. The van der Waals surface area contributed by atoms with Gasteiger partial charge in [0.25, 0.3) is 0 Å². The number of carbonyl (C=O) groups excluding carboxylic acids is 1. The molecule has 180 valence electrons. The molecular weight excluding hydrogens is 437 g/mol. The molecule has 1 aromatic carbocycles. The highest BCUT2D eigenvalue weighted by Crippen LogP contribution is 2.28. The summed E-state index contributed by atoms with van der Waals surface area (Å²) < 4.78 is 15.6. The topological polar surface area (TPSA) is 54.3 Å². The summed E-state index contributed by atoms with van der Waals surface area (Å²) in [7, 11) is 0. The van der Waals surface area contributed by atoms with Crippen molar-refractivity contribution in [2.75, 3.05) is 18.8 Å². The van der Waals surface area contributed by atoms with E-state index in [1.54, 1.807) is 12.1 Å². The highest BCUT2D eigenvalue weighted by Gasteiger charge is 2.28. The molecule has 1 amide bonds. The minimum atomic E-state index is -0.270. The largest absolute Gasteiger partial charge is 0.337 e. The number of carbonyl (C=O) groups is 1. The van der Waals surface area contributed by atoms with Gasteiger partial charge >= 0.3 is 0 Å². The van der Waals surface area contributed by atoms with E-state index < -0.39 is 0 Å². The summed E-state index contributed by atoms with van der Waals surface area (Å²) in [5.74, 6) is 1.06. The first-order chi connectivity index (χ1) is 16.0. The van der Waals surface area contributed by atoms with E-state index in [4.69, 9.17) is 0 Å². The monoisotopic (exact) mass is 473 g/mol. The van der Waals surface area contributed by atoms with Gasteiger partial charge in [-0.05, 0) is 76.9 Å². The minimum absolute atomic E-state index is 0.160. The van der Waals surface area contributed by atoms with E-state index in [0.717, 1.165) is 37.4 Å². The molecule has 1 aliphatic carbocycles. The molecule has 1 aromatic heterocycles. The number of nitrogens with zero attached hydrogens (tertiary/aromatic N) is 5. The van der Waals surface area contributed by atoms with Gasteiger partial charge in [-0.3, -0.25) is 14.3 Å². The van der Waals surface area contributed by atoms with E-state index >= 15 is 0 Å². The number of thioether (sulfide) groups is 1. The van der Waals surface area contributed by atoms with Crippen LogP contribution in [0.2, 0.25) is 0 Å². The molecule has 0 spiro atoms. The van der Waals surface area contributed by atoms with Gasteiger partial charge in [0.15, 0.2) is 11.0 Å². The molecule has 0 N–H and O–H groups in total. The third-order valence-corrected chi connectivity index (χ3v) is 7.65. The zero-order chi connectivity index (χ0) is 23.2. The summed E-state index contributed by atoms with van der Waals surface area (Å²) in [6.07, 6.45) is 9.55. The van der Waals surface area contributed by atoms with Gasteiger partial charge in [0.2, 0.25) is 5.91 Å². The van der Waals surface area contributed by atoms with Crippen molar-refractivity contribution in [3.63, 3.8) is 0 Å². The Bertz CT molecular complexity index is 904. The van der Waals surface area contributed by atoms with E-state index in [2.05, 4.69) is 33.8 Å². The maximum absolute atomic E-state index is 13.6. The van der Waals surface area contributed by atoms with E-state index in [-0.39, 0.29) is 17.8 Å². The number of benzene rings is 1. The summed E-state index contributed by atoms with van der Waals surface area (Å²) in [6.45, 7) is 7.03. The molecule has 4 rings (SSSR count). The smallest absolute Gasteiger partial charge is 0.233 e. The Morgan fingerprint density at radius 2 is 1.73 bits per heavy atom. The fourth-order valence-electron chi connectivity index (χ4n) is 5.14. The van der Waals surface area contributed by atoms with E-state index in [0.29, 0.717) is 23.5 Å². The van der Waals surface area contributed by atoms with Crippen molar-refractivity contribution in [1.29, 1.82) is 0 Å². The van der Waals surface area contributed by atoms with Crippen LogP contribution in [0.15, 0.2) is 29.4 Å². The lowest BCUT2D eigenvalue weighted by atomic mass is 9.93. The summed E-state index contributed by atoms with van der Waals surface area (Å²) in [4.78, 5) is 17.7. The standard InChI is InChI=1S/C25H36FN5OS/c1-19(2)30(21-9-5-3-6-10-21)24(32)18-33-25-28-27-23(17-29-15-7-4-8-16-29)31(25)22-13-11-20(26)12-14-22/h11-14,19,21H,3-10,15-18H2,1-2H3. The Morgan fingerprint density at radius 1 is 1.06 bits per heavy atom. The Hall–Kier alpha value is -1.93. The predicted molar refractivity (Wildman–Crippen MR) is 130 cm³/mol. The normalized spacial score (nSPS) is 18.1. The van der Waals surface area contributed by atoms with Crippen LogP contribution < -0.4 is 0 Å². The Balaban J connectivity index is 1.52. The third kappa shape index (κ3) is 6.15. The van der Waals surface area contributed by atoms with Crippen molar-refractivity contribution in [1.82, 2.24) is 24.6 Å². The lowest BCUT2D eigenvalue weighted by molar-refractivity contribution is -0.133. The molecule has 2 fully saturated rings. The Kier molecular flexibility index (Phi) is 8.41. The zero-order valence-electron chi connectivity index (χ0n) is 19.9. The number of hydrogen-bond acceptors (Lipinski definition) is 5. The summed E-state index contributed by atoms with van der Waals surface area (Å²) >= 11 is 1.43. The predicted octanol–water partition coefficient (Wildman–Crippen LogP) is 5.05. The van der Waals surface area contributed by atoms with E-state index in [1.807, 2.05) is 4.57 Å². The van der Waals surface area contributed by atoms with Gasteiger partial charge in [-0.15, -0.1) is 10.2 Å². The Labute approximate surface area is 200 Å². The first kappa shape index (κ1) is 24.2. The van der Waals surface area contributed by atoms with Crippen LogP contribution >= 0.6 is 11.8 Å². The summed E-state index contributed by atoms with van der Waals surface area (Å²) in [5, 5.41) is 9.63. The molecule has 2 aromatic rings. The number of amides is 1. The van der Waals surface area contributed by atoms with Crippen LogP contribution in [-0.4, -0.2) is 61.4 Å². The molecule has 0 unspecified atom stereocenters. The lowest BCUT2D eigenvalue weighted by Gasteiger charge is -2.37. The van der Waals surface area contributed by atoms with Gasteiger partial charge in [0.05, 0.1) is 12.3 Å². The molecule has 2 heterocycles. The minimum Gasteiger partial charge on any atom is -0.337 e. The van der Waals surface area contributed by atoms with Crippen molar-refractivity contribution in [3.05, 3.63) is 35.9 Å². The maximum Gasteiger partial charge on any atom is 0.233 e. The van der Waals surface area contributed by atoms with E-state index in [1.165, 1.54) is 62.4 Å². The molecule has 33 heavy (non-hydrogen) atoms. The van der Waals surface area contributed by atoms with Crippen LogP contribution in [0.5, 0.6) is 0 Å². The zero-order valence-corrected chi connectivity index (χ0v) is 20.7. The second-order valence-electron chi connectivity index (χ2n) is 9.52. The van der Waals surface area contributed by atoms with Crippen molar-refractivity contribution in [2.24, 2.45) is 0 Å². The highest BCUT2D eigenvalue weighted by atomic mass is 32.2. The molecule has 1 aliphatic heterocycles. The number of halogens is 1. The first-order valence-corrected chi connectivity index (χ1v) is 13.4. The maximum atomic E-state index is 13.6. The molecule has 2 aliphatic rings. The van der Waals surface area contributed by atoms with Crippen LogP contribution in [0, 0.1) is 5.82 Å². The number of aromatic nitrogens is 3. The quantitative estimate of drug-likeness (QED) is 0.502. The lowest BCUT2D eigenvalue weighted by Crippen LogP contribution is -2.46. The number of piperidine rings is 1. The SMILES string of the molecule is CC(C)N(C(=O)CSc1nnc(CN2CCCCC2)n1-c1ccc(F)cc1)C1CCCCC1. The average Bonchev–Trinajstić information content (AvgIpc) is 3.22. The van der Waals surface area contributed by atoms with Gasteiger partial charge in [-0.1, -0.05) is 37.4 Å². The molecule has 1 saturated carbocycles. The van der Waals surface area contributed by atoms with Crippen LogP contribution in [-0.2, 0) is 11.3 Å². The molecule has 6 nitrogen and oxygen atoms in total. The number of hydrogen-bond donors (Lipinski definition) is 0. The Morgan fingerprint density at radius 3 is 2.39 bits per heavy atom. The van der Waals surface area contributed by atoms with Gasteiger partial charge < -0.3 is 4.90 Å². The number of rotatable bonds is 8. The van der Waals surface area contributed by atoms with Crippen molar-refractivity contribution >= 4 is 17.7 Å². The second kappa shape index (κ2) is 11.5. The van der Waals surface area contributed by atoms with Gasteiger partial charge in [-0.25, -0.2) is 4.39 Å². The van der Waals surface area contributed by atoms with Crippen molar-refractivity contribution in [3.8, 4) is 5.69 Å². The fraction of sp³-hybridized carbons (Fsp3) is 0.640. The summed E-state index contributed by atoms with van der Waals surface area (Å²) in [5.41, 5.74) is 0.830. The van der Waals surface area contributed by atoms with Crippen LogP contribution in [0.3, 0.4) is 0 Å². The third-order valence-electron chi connectivity index (χ3n) is 6.74. The van der Waals surface area contributed by atoms with Gasteiger partial charge in [0, 0.05) is 17.8 Å². The summed E-state index contributed by atoms with van der Waals surface area (Å²) in [6, 6.07) is 6.97. The molecule has 0 radical (unpaired) electrons. The van der Waals surface area contributed by atoms with Crippen molar-refractivity contribution in [2.45, 2.75) is 89.0 Å². The second-order valence-corrected chi connectivity index (χ2v) is 10.5. The van der Waals surface area contributed by atoms with E-state index in [9.17, 15) is 9.18 Å². The molecule has 1 saturated heterocycles. The molecular formula is C25H36FN5OS. The fourth-order valence-corrected chi connectivity index (χ4v) is 5.98. The molecule has 0 atom stereocenters. The molecule has 0 bridgehead atoms. The van der Waals surface area contributed by atoms with Crippen LogP contribution in [0.4, 0.5) is 4.39 Å². The van der Waals surface area contributed by atoms with Gasteiger partial charge in [0.1, 0.15) is 5.82 Å². The van der Waals surface area contributed by atoms with Crippen LogP contribution in [0.25, 0.3) is 5.69 Å².